The number of aryl methyl sites for hydroxylation is 1. The van der Waals surface area contributed by atoms with Gasteiger partial charge in [0.25, 0.3) is 0 Å². The van der Waals surface area contributed by atoms with Crippen LogP contribution in [0.25, 0.3) is 10.9 Å². The molecule has 2 heteroatoms. The molecular weight excluding hydrogens is 244 g/mol. The highest BCUT2D eigenvalue weighted by atomic mass is 15.1. The van der Waals surface area contributed by atoms with E-state index >= 15 is 0 Å². The maximum atomic E-state index is 3.74. The molecule has 0 saturated heterocycles. The molecular formula is C18H22N2. The summed E-state index contributed by atoms with van der Waals surface area (Å²) in [5, 5.41) is 1.27. The van der Waals surface area contributed by atoms with Gasteiger partial charge in [-0.2, -0.15) is 0 Å². The summed E-state index contributed by atoms with van der Waals surface area (Å²) in [5.41, 5.74) is 3.55. The molecule has 104 valence electrons. The zero-order chi connectivity index (χ0) is 14.4. The quantitative estimate of drug-likeness (QED) is 0.496. The summed E-state index contributed by atoms with van der Waals surface area (Å²) in [6.45, 7) is 7.86. The Morgan fingerprint density at radius 3 is 3.05 bits per heavy atom. The second-order valence-electron chi connectivity index (χ2n) is 5.19. The molecule has 0 saturated carbocycles. The molecule has 0 aliphatic rings. The van der Waals surface area contributed by atoms with Gasteiger partial charge < -0.3 is 9.88 Å². The van der Waals surface area contributed by atoms with Crippen LogP contribution in [-0.2, 0) is 0 Å². The molecule has 2 aromatic rings. The van der Waals surface area contributed by atoms with Gasteiger partial charge in [0.1, 0.15) is 0 Å². The van der Waals surface area contributed by atoms with Crippen molar-refractivity contribution >= 4 is 10.9 Å². The molecule has 0 amide bonds. The van der Waals surface area contributed by atoms with Gasteiger partial charge in [0.05, 0.1) is 0 Å². The second-order valence-corrected chi connectivity index (χ2v) is 5.19. The molecule has 0 atom stereocenters. The molecule has 0 fully saturated rings. The van der Waals surface area contributed by atoms with E-state index in [1.165, 1.54) is 16.5 Å². The van der Waals surface area contributed by atoms with E-state index in [1.54, 1.807) is 0 Å². The number of benzene rings is 1. The van der Waals surface area contributed by atoms with E-state index < -0.39 is 0 Å². The lowest BCUT2D eigenvalue weighted by molar-refractivity contribution is 0.366. The molecule has 2 rings (SSSR count). The number of rotatable bonds is 5. The summed E-state index contributed by atoms with van der Waals surface area (Å²) < 4.78 is 0. The van der Waals surface area contributed by atoms with Gasteiger partial charge in [-0.1, -0.05) is 17.9 Å². The number of H-pyrrole nitrogens is 1. The Morgan fingerprint density at radius 1 is 1.40 bits per heavy atom. The van der Waals surface area contributed by atoms with Crippen LogP contribution >= 0.6 is 0 Å². The Morgan fingerprint density at radius 2 is 2.25 bits per heavy atom. The third kappa shape index (κ3) is 3.76. The van der Waals surface area contributed by atoms with Crippen molar-refractivity contribution in [2.45, 2.75) is 19.8 Å². The maximum absolute atomic E-state index is 3.74. The SMILES string of the molecule is C=CCN(C)CCCC#Cc1ccc2[nH]cc(C)c2c1. The standard InChI is InChI=1S/C18H22N2/c1-4-11-20(3)12-7-5-6-8-16-9-10-18-17(13-16)15(2)14-19-18/h4,9-10,13-14,19H,1,5,7,11-12H2,2-3H3. The van der Waals surface area contributed by atoms with E-state index in [1.807, 2.05) is 12.3 Å². The van der Waals surface area contributed by atoms with E-state index in [0.717, 1.165) is 31.5 Å². The number of likely N-dealkylation sites (N-methyl/N-ethyl adjacent to an activating group) is 1. The lowest BCUT2D eigenvalue weighted by atomic mass is 10.1. The largest absolute Gasteiger partial charge is 0.361 e. The fourth-order valence-corrected chi connectivity index (χ4v) is 2.25. The minimum atomic E-state index is 0.936. The third-order valence-electron chi connectivity index (χ3n) is 3.40. The highest BCUT2D eigenvalue weighted by molar-refractivity contribution is 5.84. The van der Waals surface area contributed by atoms with E-state index in [0.29, 0.717) is 0 Å². The summed E-state index contributed by atoms with van der Waals surface area (Å²) in [4.78, 5) is 5.51. The van der Waals surface area contributed by atoms with Crippen molar-refractivity contribution < 1.29 is 0 Å². The van der Waals surface area contributed by atoms with Crippen molar-refractivity contribution in [2.75, 3.05) is 20.1 Å². The lowest BCUT2D eigenvalue weighted by Gasteiger charge is -2.12. The smallest absolute Gasteiger partial charge is 0.0457 e. The van der Waals surface area contributed by atoms with Gasteiger partial charge in [0, 0.05) is 35.6 Å². The summed E-state index contributed by atoms with van der Waals surface area (Å²) >= 11 is 0. The van der Waals surface area contributed by atoms with Crippen LogP contribution in [0.2, 0.25) is 0 Å². The number of fused-ring (bicyclic) bond motifs is 1. The molecule has 1 aromatic heterocycles. The monoisotopic (exact) mass is 266 g/mol. The average Bonchev–Trinajstić information content (AvgIpc) is 2.80. The first-order valence-electron chi connectivity index (χ1n) is 7.07. The number of nitrogens with zero attached hydrogens (tertiary/aromatic N) is 1. The Balaban J connectivity index is 1.90. The first-order valence-corrected chi connectivity index (χ1v) is 7.07. The minimum absolute atomic E-state index is 0.936. The average molecular weight is 266 g/mol. The molecule has 1 aromatic carbocycles. The number of unbranched alkanes of at least 4 members (excludes halogenated alkanes) is 1. The Bertz CT molecular complexity index is 640. The Hall–Kier alpha value is -1.98. The van der Waals surface area contributed by atoms with Gasteiger partial charge >= 0.3 is 0 Å². The summed E-state index contributed by atoms with van der Waals surface area (Å²) in [7, 11) is 2.11. The zero-order valence-electron chi connectivity index (χ0n) is 12.4. The number of hydrogen-bond donors (Lipinski definition) is 1. The van der Waals surface area contributed by atoms with Crippen molar-refractivity contribution in [1.29, 1.82) is 0 Å². The number of nitrogens with one attached hydrogen (secondary N) is 1. The van der Waals surface area contributed by atoms with Gasteiger partial charge in [0.15, 0.2) is 0 Å². The minimum Gasteiger partial charge on any atom is -0.361 e. The Kier molecular flexibility index (Phi) is 5.03. The predicted molar refractivity (Wildman–Crippen MR) is 86.8 cm³/mol. The fourth-order valence-electron chi connectivity index (χ4n) is 2.25. The van der Waals surface area contributed by atoms with Crippen LogP contribution in [-0.4, -0.2) is 30.0 Å². The van der Waals surface area contributed by atoms with Gasteiger partial charge in [-0.05, 0) is 50.7 Å². The van der Waals surface area contributed by atoms with Crippen molar-refractivity contribution in [3.8, 4) is 11.8 Å². The maximum Gasteiger partial charge on any atom is 0.0457 e. The van der Waals surface area contributed by atoms with Crippen molar-refractivity contribution in [3.63, 3.8) is 0 Å². The van der Waals surface area contributed by atoms with Crippen molar-refractivity contribution in [3.05, 3.63) is 48.2 Å². The molecule has 20 heavy (non-hydrogen) atoms. The van der Waals surface area contributed by atoms with E-state index in [2.05, 4.69) is 60.5 Å². The molecule has 0 aliphatic carbocycles. The normalized spacial score (nSPS) is 10.6. The van der Waals surface area contributed by atoms with Gasteiger partial charge in [-0.15, -0.1) is 6.58 Å². The molecule has 0 radical (unpaired) electrons. The first-order chi connectivity index (χ1) is 9.70. The van der Waals surface area contributed by atoms with Crippen LogP contribution in [0.4, 0.5) is 0 Å². The fraction of sp³-hybridized carbons (Fsp3) is 0.333. The molecule has 0 spiro atoms. The lowest BCUT2D eigenvalue weighted by Crippen LogP contribution is -2.19. The summed E-state index contributed by atoms with van der Waals surface area (Å²) in [6.07, 6.45) is 6.01. The molecule has 1 heterocycles. The van der Waals surface area contributed by atoms with Gasteiger partial charge in [-0.25, -0.2) is 0 Å². The highest BCUT2D eigenvalue weighted by Crippen LogP contribution is 2.18. The molecule has 0 aliphatic heterocycles. The van der Waals surface area contributed by atoms with Crippen molar-refractivity contribution in [1.82, 2.24) is 9.88 Å². The van der Waals surface area contributed by atoms with Crippen LogP contribution < -0.4 is 0 Å². The summed E-state index contributed by atoms with van der Waals surface area (Å²) in [5.74, 6) is 6.52. The zero-order valence-corrected chi connectivity index (χ0v) is 12.4. The Labute approximate surface area is 121 Å². The van der Waals surface area contributed by atoms with Gasteiger partial charge in [0.2, 0.25) is 0 Å². The topological polar surface area (TPSA) is 19.0 Å². The van der Waals surface area contributed by atoms with Crippen LogP contribution in [0.1, 0.15) is 24.0 Å². The molecule has 1 N–H and O–H groups in total. The molecule has 0 unspecified atom stereocenters. The summed E-state index contributed by atoms with van der Waals surface area (Å²) in [6, 6.07) is 6.34. The van der Waals surface area contributed by atoms with E-state index in [4.69, 9.17) is 0 Å². The van der Waals surface area contributed by atoms with Crippen LogP contribution in [0.5, 0.6) is 0 Å². The van der Waals surface area contributed by atoms with Crippen LogP contribution in [0.15, 0.2) is 37.1 Å². The predicted octanol–water partition coefficient (Wildman–Crippen LogP) is 3.73. The number of aromatic amines is 1. The van der Waals surface area contributed by atoms with Gasteiger partial charge in [-0.3, -0.25) is 0 Å². The molecule has 0 bridgehead atoms. The number of hydrogen-bond acceptors (Lipinski definition) is 1. The molecule has 2 nitrogen and oxygen atoms in total. The van der Waals surface area contributed by atoms with E-state index in [-0.39, 0.29) is 0 Å². The van der Waals surface area contributed by atoms with E-state index in [9.17, 15) is 0 Å². The van der Waals surface area contributed by atoms with Crippen LogP contribution in [0, 0.1) is 18.8 Å². The highest BCUT2D eigenvalue weighted by Gasteiger charge is 1.99. The van der Waals surface area contributed by atoms with Crippen LogP contribution in [0.3, 0.4) is 0 Å². The second kappa shape index (κ2) is 6.98. The number of aromatic nitrogens is 1. The van der Waals surface area contributed by atoms with Crippen molar-refractivity contribution in [2.24, 2.45) is 0 Å². The first kappa shape index (κ1) is 14.4. The third-order valence-corrected chi connectivity index (χ3v) is 3.40.